The van der Waals surface area contributed by atoms with Gasteiger partial charge in [0.1, 0.15) is 17.5 Å². The Labute approximate surface area is 207 Å². The first-order valence-electron chi connectivity index (χ1n) is 12.6. The Morgan fingerprint density at radius 3 is 2.63 bits per heavy atom. The Kier molecular flexibility index (Phi) is 7.39. The molecule has 1 aromatic carbocycles. The summed E-state index contributed by atoms with van der Waals surface area (Å²) in [6, 6.07) is 12.3. The van der Waals surface area contributed by atoms with Gasteiger partial charge in [-0.2, -0.15) is 0 Å². The second-order valence-electron chi connectivity index (χ2n) is 9.65. The molecule has 35 heavy (non-hydrogen) atoms. The van der Waals surface area contributed by atoms with Crippen LogP contribution in [0, 0.1) is 0 Å². The van der Waals surface area contributed by atoms with Crippen molar-refractivity contribution in [2.24, 2.45) is 4.99 Å². The van der Waals surface area contributed by atoms with Gasteiger partial charge in [-0.1, -0.05) is 18.2 Å². The Bertz CT molecular complexity index is 1230. The average Bonchev–Trinajstić information content (AvgIpc) is 3.38. The maximum absolute atomic E-state index is 10.8. The number of hydrogen-bond donors (Lipinski definition) is 0. The van der Waals surface area contributed by atoms with Crippen molar-refractivity contribution < 1.29 is 18.9 Å². The van der Waals surface area contributed by atoms with Gasteiger partial charge >= 0.3 is 5.82 Å². The van der Waals surface area contributed by atoms with Gasteiger partial charge in [-0.15, -0.1) is 0 Å². The molecule has 0 fully saturated rings. The highest BCUT2D eigenvalue weighted by Gasteiger charge is 2.42. The molecule has 0 unspecified atom stereocenters. The molecule has 0 amide bonds. The molecule has 0 saturated heterocycles. The number of benzene rings is 1. The third kappa shape index (κ3) is 5.31. The Morgan fingerprint density at radius 2 is 1.91 bits per heavy atom. The van der Waals surface area contributed by atoms with Crippen LogP contribution in [0.25, 0.3) is 22.3 Å². The number of carboxylic acids is 1. The quantitative estimate of drug-likeness (QED) is 0.293. The molecule has 0 radical (unpaired) electrons. The largest absolute Gasteiger partial charge is 0.550 e. The molecule has 6 heteroatoms. The number of para-hydroxylation sites is 1. The van der Waals surface area contributed by atoms with Crippen molar-refractivity contribution in [3.63, 3.8) is 0 Å². The maximum Gasteiger partial charge on any atom is 0.327 e. The van der Waals surface area contributed by atoms with Crippen LogP contribution in [0.1, 0.15) is 58.9 Å². The number of unbranched alkanes of at least 4 members (excludes halogenated alkanes) is 2. The standard InChI is InChI=1S/C29H35N3O3/c1-5-31(6-2)17-15-26-29(3,4)23-18-22(25-19-21-12-9-10-13-24(21)35-25)20-32(28(23)30-26)16-11-7-8-14-27(33)34/h9-10,12-13,15,17-20H,5-8,11,14,16H2,1-4H3. The molecule has 1 aliphatic rings. The fraction of sp³-hybridized carbons (Fsp3) is 0.414. The van der Waals surface area contributed by atoms with Crippen molar-refractivity contribution in [3.05, 3.63) is 60.4 Å². The molecule has 3 heterocycles. The van der Waals surface area contributed by atoms with Gasteiger partial charge in [0.25, 0.3) is 0 Å². The van der Waals surface area contributed by atoms with Gasteiger partial charge in [0.2, 0.25) is 0 Å². The Morgan fingerprint density at radius 1 is 1.14 bits per heavy atom. The number of carbonyl (C=O) groups is 1. The van der Waals surface area contributed by atoms with E-state index < -0.39 is 5.97 Å². The molecule has 0 atom stereocenters. The zero-order chi connectivity index (χ0) is 25.0. The molecule has 3 aromatic rings. The maximum atomic E-state index is 10.8. The van der Waals surface area contributed by atoms with Crippen LogP contribution < -0.4 is 9.67 Å². The van der Waals surface area contributed by atoms with E-state index in [9.17, 15) is 9.90 Å². The average molecular weight is 474 g/mol. The molecule has 6 nitrogen and oxygen atoms in total. The molecule has 2 aromatic heterocycles. The number of aliphatic carboxylic acids is 1. The van der Waals surface area contributed by atoms with E-state index >= 15 is 0 Å². The third-order valence-corrected chi connectivity index (χ3v) is 6.89. The van der Waals surface area contributed by atoms with Crippen LogP contribution in [0.3, 0.4) is 0 Å². The second kappa shape index (κ2) is 10.5. The van der Waals surface area contributed by atoms with Gasteiger partial charge in [-0.05, 0) is 76.6 Å². The van der Waals surface area contributed by atoms with E-state index in [0.717, 1.165) is 66.3 Å². The molecule has 0 aliphatic carbocycles. The number of allylic oxidation sites excluding steroid dienone is 1. The fourth-order valence-corrected chi connectivity index (χ4v) is 4.63. The minimum absolute atomic E-state index is 0.104. The summed E-state index contributed by atoms with van der Waals surface area (Å²) in [4.78, 5) is 18.1. The lowest BCUT2D eigenvalue weighted by atomic mass is 9.81. The summed E-state index contributed by atoms with van der Waals surface area (Å²) in [5, 5.41) is 11.8. The van der Waals surface area contributed by atoms with E-state index in [1.54, 1.807) is 0 Å². The zero-order valence-corrected chi connectivity index (χ0v) is 21.2. The van der Waals surface area contributed by atoms with Crippen LogP contribution in [0.15, 0.2) is 64.3 Å². The van der Waals surface area contributed by atoms with Gasteiger partial charge in [-0.3, -0.25) is 0 Å². The van der Waals surface area contributed by atoms with Crippen LogP contribution in [0.2, 0.25) is 0 Å². The van der Waals surface area contributed by atoms with Crippen molar-refractivity contribution in [2.45, 2.75) is 65.3 Å². The van der Waals surface area contributed by atoms with Crippen LogP contribution >= 0.6 is 0 Å². The van der Waals surface area contributed by atoms with E-state index in [0.29, 0.717) is 6.42 Å². The Balaban J connectivity index is 1.70. The van der Waals surface area contributed by atoms with E-state index in [4.69, 9.17) is 9.41 Å². The molecule has 0 spiro atoms. The number of aryl methyl sites for hydroxylation is 1. The summed E-state index contributed by atoms with van der Waals surface area (Å²) in [5.41, 5.74) is 3.84. The first-order chi connectivity index (χ1) is 16.8. The predicted octanol–water partition coefficient (Wildman–Crippen LogP) is 4.92. The van der Waals surface area contributed by atoms with Crippen LogP contribution in [0.5, 0.6) is 0 Å². The number of carbonyl (C=O) groups excluding carboxylic acids is 1. The number of carboxylic acid groups (broad SMARTS) is 1. The summed E-state index contributed by atoms with van der Waals surface area (Å²) in [5.74, 6) is 0.818. The number of aromatic nitrogens is 1. The minimum Gasteiger partial charge on any atom is -0.550 e. The van der Waals surface area contributed by atoms with E-state index in [-0.39, 0.29) is 11.8 Å². The van der Waals surface area contributed by atoms with Crippen LogP contribution in [-0.4, -0.2) is 29.7 Å². The van der Waals surface area contributed by atoms with Gasteiger partial charge in [0, 0.05) is 36.7 Å². The van der Waals surface area contributed by atoms with Gasteiger partial charge in [-0.25, -0.2) is 4.57 Å². The second-order valence-corrected chi connectivity index (χ2v) is 9.65. The van der Waals surface area contributed by atoms with Crippen molar-refractivity contribution in [3.8, 4) is 11.3 Å². The monoisotopic (exact) mass is 473 g/mol. The molecular formula is C29H35N3O3. The summed E-state index contributed by atoms with van der Waals surface area (Å²) < 4.78 is 8.40. The number of furan rings is 1. The van der Waals surface area contributed by atoms with Crippen molar-refractivity contribution in [1.29, 1.82) is 0 Å². The topological polar surface area (TPSA) is 72.8 Å². The minimum atomic E-state index is -0.985. The Hall–Kier alpha value is -3.41. The molecule has 0 saturated carbocycles. The predicted molar refractivity (Wildman–Crippen MR) is 138 cm³/mol. The van der Waals surface area contributed by atoms with E-state index in [1.807, 2.05) is 18.2 Å². The summed E-state index contributed by atoms with van der Waals surface area (Å²) in [7, 11) is 0. The molecule has 0 N–H and O–H groups in total. The van der Waals surface area contributed by atoms with Gasteiger partial charge < -0.3 is 19.2 Å². The lowest BCUT2D eigenvalue weighted by Crippen LogP contribution is -2.35. The normalized spacial score (nSPS) is 14.5. The molecule has 0 bridgehead atoms. The van der Waals surface area contributed by atoms with E-state index in [1.165, 1.54) is 5.56 Å². The number of rotatable bonds is 11. The van der Waals surface area contributed by atoms with Crippen molar-refractivity contribution in [2.75, 3.05) is 13.1 Å². The summed E-state index contributed by atoms with van der Waals surface area (Å²) in [6.07, 6.45) is 8.82. The van der Waals surface area contributed by atoms with Crippen LogP contribution in [-0.2, 0) is 16.8 Å². The van der Waals surface area contributed by atoms with Crippen molar-refractivity contribution in [1.82, 2.24) is 4.90 Å². The number of pyridine rings is 1. The molecule has 4 rings (SSSR count). The first-order valence-corrected chi connectivity index (χ1v) is 12.6. The van der Waals surface area contributed by atoms with Crippen LogP contribution in [0.4, 0.5) is 5.82 Å². The van der Waals surface area contributed by atoms with Crippen molar-refractivity contribution >= 4 is 28.5 Å². The SMILES string of the molecule is CCN(/C=C/C1=Nc2c(cc(-c3cc4ccccc4o3)c[n+]2CCCCCC(=O)[O-])C1(C)C)CC. The smallest absolute Gasteiger partial charge is 0.327 e. The van der Waals surface area contributed by atoms with E-state index in [2.05, 4.69) is 73.8 Å². The lowest BCUT2D eigenvalue weighted by molar-refractivity contribution is -0.684. The summed E-state index contributed by atoms with van der Waals surface area (Å²) in [6.45, 7) is 11.4. The zero-order valence-electron chi connectivity index (χ0n) is 21.2. The number of fused-ring (bicyclic) bond motifs is 2. The molecule has 184 valence electrons. The van der Waals surface area contributed by atoms with Gasteiger partial charge in [0.15, 0.2) is 5.71 Å². The summed E-state index contributed by atoms with van der Waals surface area (Å²) >= 11 is 0. The first kappa shape index (κ1) is 24.7. The molecule has 1 aliphatic heterocycles. The fourth-order valence-electron chi connectivity index (χ4n) is 4.63. The van der Waals surface area contributed by atoms with Gasteiger partial charge in [0.05, 0.1) is 23.1 Å². The number of aliphatic imine (C=N–C) groups is 1. The third-order valence-electron chi connectivity index (χ3n) is 6.89. The highest BCUT2D eigenvalue weighted by atomic mass is 16.4. The molecular weight excluding hydrogens is 438 g/mol. The number of nitrogens with zero attached hydrogens (tertiary/aromatic N) is 3. The lowest BCUT2D eigenvalue weighted by Gasteiger charge is -2.19. The number of hydrogen-bond acceptors (Lipinski definition) is 5. The highest BCUT2D eigenvalue weighted by Crippen LogP contribution is 2.41. The highest BCUT2D eigenvalue weighted by molar-refractivity contribution is 6.07.